The summed E-state index contributed by atoms with van der Waals surface area (Å²) in [7, 11) is 0. The minimum Gasteiger partial charge on any atom is -0.472 e. The van der Waals surface area contributed by atoms with Crippen LogP contribution in [-0.2, 0) is 21.5 Å². The average Bonchev–Trinajstić information content (AvgIpc) is 3.61. The lowest BCUT2D eigenvalue weighted by Crippen LogP contribution is -2.26. The molecule has 0 N–H and O–H groups in total. The lowest BCUT2D eigenvalue weighted by atomic mass is 9.71. The Morgan fingerprint density at radius 1 is 0.833 bits per heavy atom. The van der Waals surface area contributed by atoms with Gasteiger partial charge in [0.25, 0.3) is 0 Å². The van der Waals surface area contributed by atoms with Crippen molar-refractivity contribution < 1.29 is 23.6 Å². The Hall–Kier alpha value is -4.58. The highest BCUT2D eigenvalue weighted by Crippen LogP contribution is 2.54. The molecule has 214 valence electrons. The normalized spacial score (nSPS) is 13.4. The Bertz CT molecular complexity index is 1670. The summed E-state index contributed by atoms with van der Waals surface area (Å²) >= 11 is 0. The maximum atomic E-state index is 13.9. The van der Waals surface area contributed by atoms with Crippen LogP contribution >= 0.6 is 0 Å². The summed E-state index contributed by atoms with van der Waals surface area (Å²) < 4.78 is 5.16. The number of fused-ring (bicyclic) bond motifs is 3. The fourth-order valence-electron chi connectivity index (χ4n) is 6.31. The van der Waals surface area contributed by atoms with Gasteiger partial charge in [0.1, 0.15) is 12.0 Å². The molecule has 0 radical (unpaired) electrons. The number of carbonyl (C=O) groups excluding carboxylic acids is 3. The van der Waals surface area contributed by atoms with Gasteiger partial charge < -0.3 is 9.25 Å². The molecule has 1 heterocycles. The van der Waals surface area contributed by atoms with E-state index in [1.807, 2.05) is 67.6 Å². The first-order chi connectivity index (χ1) is 20.3. The molecule has 5 rings (SSSR count). The summed E-state index contributed by atoms with van der Waals surface area (Å²) in [4.78, 5) is 43.8. The largest absolute Gasteiger partial charge is 0.472 e. The maximum absolute atomic E-state index is 13.9. The van der Waals surface area contributed by atoms with Crippen LogP contribution in [0, 0.1) is 6.92 Å². The molecule has 0 unspecified atom stereocenters. The van der Waals surface area contributed by atoms with Gasteiger partial charge in [0, 0.05) is 29.9 Å². The van der Waals surface area contributed by atoms with Crippen LogP contribution in [0.15, 0.2) is 88.8 Å². The monoisotopic (exact) mass is 561 g/mol. The first-order valence-electron chi connectivity index (χ1n) is 14.5. The van der Waals surface area contributed by atoms with Crippen molar-refractivity contribution in [2.75, 3.05) is 0 Å². The number of benzene rings is 3. The molecule has 0 fully saturated rings. The molecule has 1 aliphatic carbocycles. The summed E-state index contributed by atoms with van der Waals surface area (Å²) in [5.74, 6) is -0.948. The summed E-state index contributed by atoms with van der Waals surface area (Å²) in [5, 5.41) is 3.99. The Kier molecular flexibility index (Phi) is 8.34. The van der Waals surface area contributed by atoms with E-state index >= 15 is 0 Å². The zero-order valence-electron chi connectivity index (χ0n) is 24.5. The fraction of sp³-hybridized carbons (Fsp3) is 0.278. The van der Waals surface area contributed by atoms with Crippen molar-refractivity contribution in [1.29, 1.82) is 0 Å². The zero-order chi connectivity index (χ0) is 29.9. The van der Waals surface area contributed by atoms with Crippen molar-refractivity contribution in [2.45, 2.75) is 65.2 Å². The predicted molar refractivity (Wildman–Crippen MR) is 163 cm³/mol. The number of nitrogens with zero attached hydrogens (tertiary/aromatic N) is 1. The van der Waals surface area contributed by atoms with Crippen LogP contribution in [0.5, 0.6) is 0 Å². The van der Waals surface area contributed by atoms with Gasteiger partial charge in [-0.05, 0) is 65.8 Å². The van der Waals surface area contributed by atoms with E-state index in [2.05, 4.69) is 19.0 Å². The van der Waals surface area contributed by atoms with Crippen LogP contribution in [-0.4, -0.2) is 23.2 Å². The lowest BCUT2D eigenvalue weighted by molar-refractivity contribution is -0.140. The van der Waals surface area contributed by atoms with Crippen LogP contribution in [0.2, 0.25) is 0 Å². The number of ketones is 2. The number of rotatable bonds is 11. The number of carbonyl (C=O) groups is 3. The Labute approximate surface area is 246 Å². The number of hydrogen-bond donors (Lipinski definition) is 0. The molecular formula is C36H35NO5. The third kappa shape index (κ3) is 5.49. The van der Waals surface area contributed by atoms with Crippen molar-refractivity contribution in [1.82, 2.24) is 0 Å². The molecule has 1 aliphatic rings. The first-order valence-corrected chi connectivity index (χ1v) is 14.5. The van der Waals surface area contributed by atoms with Crippen LogP contribution in [0.4, 0.5) is 0 Å². The molecule has 0 saturated carbocycles. The molecule has 42 heavy (non-hydrogen) atoms. The van der Waals surface area contributed by atoms with Gasteiger partial charge in [0.15, 0.2) is 5.78 Å². The van der Waals surface area contributed by atoms with E-state index in [-0.39, 0.29) is 29.1 Å². The van der Waals surface area contributed by atoms with Gasteiger partial charge >= 0.3 is 5.97 Å². The van der Waals surface area contributed by atoms with Gasteiger partial charge in [-0.15, -0.1) is 0 Å². The standard InChI is InChI=1S/C36H35NO5/c1-5-15-36(16-6-2)31-20-26(34(39)28-14-17-41-22-28)10-12-29(31)30-13-11-27(21-32(30)36)35(40)33(37-42-24(4)38)19-25-9-7-8-23(3)18-25/h7-14,17-18,20-22H,5-6,15-16,19H2,1-4H3/b37-33+. The van der Waals surface area contributed by atoms with Gasteiger partial charge in [-0.3, -0.25) is 9.59 Å². The maximum Gasteiger partial charge on any atom is 0.331 e. The van der Waals surface area contributed by atoms with Crippen molar-refractivity contribution >= 4 is 23.2 Å². The minimum absolute atomic E-state index is 0.0808. The third-order valence-corrected chi connectivity index (χ3v) is 8.02. The average molecular weight is 562 g/mol. The van der Waals surface area contributed by atoms with E-state index in [0.29, 0.717) is 16.7 Å². The van der Waals surface area contributed by atoms with Gasteiger partial charge in [0.05, 0.1) is 11.8 Å². The van der Waals surface area contributed by atoms with Gasteiger partial charge in [-0.2, -0.15) is 0 Å². The Balaban J connectivity index is 1.59. The predicted octanol–water partition coefficient (Wildman–Crippen LogP) is 8.03. The second kappa shape index (κ2) is 12.1. The molecule has 6 heteroatoms. The van der Waals surface area contributed by atoms with Crippen molar-refractivity contribution in [3.05, 3.63) is 118 Å². The Morgan fingerprint density at radius 2 is 1.50 bits per heavy atom. The minimum atomic E-state index is -0.584. The molecule has 1 aromatic heterocycles. The highest BCUT2D eigenvalue weighted by molar-refractivity contribution is 6.46. The molecule has 0 spiro atoms. The van der Waals surface area contributed by atoms with Crippen LogP contribution in [0.25, 0.3) is 11.1 Å². The number of oxime groups is 1. The molecule has 4 aromatic rings. The highest BCUT2D eigenvalue weighted by atomic mass is 16.7. The van der Waals surface area contributed by atoms with Crippen LogP contribution in [0.3, 0.4) is 0 Å². The molecule has 0 saturated heterocycles. The number of hydrogen-bond acceptors (Lipinski definition) is 6. The fourth-order valence-corrected chi connectivity index (χ4v) is 6.31. The van der Waals surface area contributed by atoms with E-state index in [4.69, 9.17) is 9.25 Å². The molecule has 0 aliphatic heterocycles. The van der Waals surface area contributed by atoms with E-state index in [1.54, 1.807) is 6.07 Å². The van der Waals surface area contributed by atoms with E-state index < -0.39 is 5.97 Å². The van der Waals surface area contributed by atoms with Crippen molar-refractivity contribution in [2.24, 2.45) is 5.16 Å². The summed E-state index contributed by atoms with van der Waals surface area (Å²) in [6.45, 7) is 7.58. The molecule has 3 aromatic carbocycles. The topological polar surface area (TPSA) is 85.9 Å². The Morgan fingerprint density at radius 3 is 2.10 bits per heavy atom. The van der Waals surface area contributed by atoms with Gasteiger partial charge in [-0.1, -0.05) is 85.9 Å². The molecular weight excluding hydrogens is 526 g/mol. The van der Waals surface area contributed by atoms with Gasteiger partial charge in [0.2, 0.25) is 5.78 Å². The van der Waals surface area contributed by atoms with Crippen molar-refractivity contribution in [3.63, 3.8) is 0 Å². The van der Waals surface area contributed by atoms with Gasteiger partial charge in [-0.25, -0.2) is 4.79 Å². The SMILES string of the molecule is CCCC1(CCC)c2cc(C(=O)/C(Cc3cccc(C)c3)=N/OC(C)=O)ccc2-c2ccc(C(=O)c3ccoc3)cc21. The van der Waals surface area contributed by atoms with E-state index in [1.165, 1.54) is 19.5 Å². The summed E-state index contributed by atoms with van der Waals surface area (Å²) in [6, 6.07) is 21.3. The first kappa shape index (κ1) is 28.9. The number of furan rings is 1. The van der Waals surface area contributed by atoms with Crippen molar-refractivity contribution in [3.8, 4) is 11.1 Å². The smallest absolute Gasteiger partial charge is 0.331 e. The molecule has 0 amide bonds. The lowest BCUT2D eigenvalue weighted by Gasteiger charge is -2.32. The third-order valence-electron chi connectivity index (χ3n) is 8.02. The molecule has 6 nitrogen and oxygen atoms in total. The molecule has 0 atom stereocenters. The number of Topliss-reactive ketones (excluding diaryl/α,β-unsaturated/α-hetero) is 1. The van der Waals surface area contributed by atoms with E-state index in [9.17, 15) is 14.4 Å². The quantitative estimate of drug-likeness (QED) is 0.0801. The summed E-state index contributed by atoms with van der Waals surface area (Å²) in [6.07, 6.45) is 6.83. The number of aryl methyl sites for hydroxylation is 1. The molecule has 0 bridgehead atoms. The second-order valence-electron chi connectivity index (χ2n) is 11.1. The van der Waals surface area contributed by atoms with Crippen LogP contribution in [0.1, 0.15) is 95.0 Å². The second-order valence-corrected chi connectivity index (χ2v) is 11.1. The van der Waals surface area contributed by atoms with E-state index in [0.717, 1.165) is 59.1 Å². The highest BCUT2D eigenvalue weighted by Gasteiger charge is 2.42. The zero-order valence-corrected chi connectivity index (χ0v) is 24.5. The summed E-state index contributed by atoms with van der Waals surface area (Å²) in [5.41, 5.74) is 7.78. The van der Waals surface area contributed by atoms with Crippen LogP contribution < -0.4 is 0 Å².